The lowest BCUT2D eigenvalue weighted by Crippen LogP contribution is -2.30. The van der Waals surface area contributed by atoms with Crippen molar-refractivity contribution in [2.45, 2.75) is 90.1 Å². The van der Waals surface area contributed by atoms with Crippen molar-refractivity contribution in [3.05, 3.63) is 42.4 Å². The number of Topliss-reactive ketones (excluding diaryl/α,β-unsaturated/α-hetero) is 1. The molecule has 0 saturated carbocycles. The van der Waals surface area contributed by atoms with E-state index in [-0.39, 0.29) is 24.6 Å². The summed E-state index contributed by atoms with van der Waals surface area (Å²) in [5.74, 6) is -2.26. The largest absolute Gasteiger partial charge is 0.476 e. The fraction of sp³-hybridized carbons (Fsp3) is 0.654. The highest BCUT2D eigenvalue weighted by molar-refractivity contribution is 5.94. The molecule has 34 heavy (non-hydrogen) atoms. The van der Waals surface area contributed by atoms with Crippen LogP contribution in [-0.4, -0.2) is 33.7 Å². The van der Waals surface area contributed by atoms with E-state index < -0.39 is 24.3 Å². The number of hydrogen-bond donors (Lipinski definition) is 1. The fourth-order valence-corrected chi connectivity index (χ4v) is 4.13. The van der Waals surface area contributed by atoms with Gasteiger partial charge in [-0.1, -0.05) is 70.8 Å². The van der Waals surface area contributed by atoms with E-state index in [1.165, 1.54) is 50.8 Å². The van der Waals surface area contributed by atoms with Crippen LogP contribution in [0.25, 0.3) is 0 Å². The summed E-state index contributed by atoms with van der Waals surface area (Å²) in [6.45, 7) is 2.34. The van der Waals surface area contributed by atoms with Crippen LogP contribution in [-0.2, 0) is 0 Å². The van der Waals surface area contributed by atoms with Crippen molar-refractivity contribution in [1.29, 1.82) is 0 Å². The number of hydrogen-bond acceptors (Lipinski definition) is 4. The molecule has 0 radical (unpaired) electrons. The second-order valence-electron chi connectivity index (χ2n) is 9.02. The zero-order valence-corrected chi connectivity index (χ0v) is 20.2. The first-order valence-corrected chi connectivity index (χ1v) is 12.5. The number of alkyl halides is 3. The van der Waals surface area contributed by atoms with Gasteiger partial charge in [0, 0.05) is 24.9 Å². The molecule has 0 aromatic carbocycles. The number of ether oxygens (including phenoxy) is 1. The van der Waals surface area contributed by atoms with E-state index in [0.717, 1.165) is 19.3 Å². The smallest absolute Gasteiger partial charge is 0.392 e. The topological polar surface area (TPSA) is 67.9 Å². The number of aromatic amines is 1. The van der Waals surface area contributed by atoms with Gasteiger partial charge in [-0.3, -0.25) is 14.9 Å². The lowest BCUT2D eigenvalue weighted by molar-refractivity contribution is -0.179. The number of pyridine rings is 1. The van der Waals surface area contributed by atoms with Gasteiger partial charge in [0.1, 0.15) is 5.69 Å². The molecule has 0 saturated heterocycles. The third-order valence-electron chi connectivity index (χ3n) is 6.12. The highest BCUT2D eigenvalue weighted by atomic mass is 19.4. The number of aromatic nitrogens is 3. The van der Waals surface area contributed by atoms with E-state index in [1.807, 2.05) is 0 Å². The molecule has 1 N–H and O–H groups in total. The van der Waals surface area contributed by atoms with Crippen LogP contribution in [0, 0.1) is 11.8 Å². The van der Waals surface area contributed by atoms with Gasteiger partial charge in [0.15, 0.2) is 5.78 Å². The Hall–Kier alpha value is -2.38. The number of carbonyl (C=O) groups is 1. The predicted molar refractivity (Wildman–Crippen MR) is 127 cm³/mol. The minimum atomic E-state index is -4.46. The molecule has 2 aromatic rings. The molecule has 5 nitrogen and oxygen atoms in total. The lowest BCUT2D eigenvalue weighted by atomic mass is 9.86. The Balaban J connectivity index is 1.89. The summed E-state index contributed by atoms with van der Waals surface area (Å²) in [4.78, 5) is 16.4. The Morgan fingerprint density at radius 1 is 1.03 bits per heavy atom. The summed E-state index contributed by atoms with van der Waals surface area (Å²) in [6.07, 6.45) is 8.81. The van der Waals surface area contributed by atoms with E-state index in [9.17, 15) is 18.0 Å². The Bertz CT molecular complexity index is 782. The minimum absolute atomic E-state index is 0.0695. The highest BCUT2D eigenvalue weighted by Gasteiger charge is 2.42. The molecule has 190 valence electrons. The Morgan fingerprint density at radius 3 is 2.32 bits per heavy atom. The molecular formula is C26H38F3N3O2. The van der Waals surface area contributed by atoms with Crippen molar-refractivity contribution < 1.29 is 22.7 Å². The number of ketones is 1. The van der Waals surface area contributed by atoms with Crippen molar-refractivity contribution in [1.82, 2.24) is 15.2 Å². The Kier molecular flexibility index (Phi) is 12.7. The number of nitrogens with one attached hydrogen (secondary N) is 1. The molecule has 0 amide bonds. The molecule has 0 fully saturated rings. The molecule has 0 aliphatic rings. The summed E-state index contributed by atoms with van der Waals surface area (Å²) in [5.41, 5.74) is 0.0695. The Morgan fingerprint density at radius 2 is 1.74 bits per heavy atom. The van der Waals surface area contributed by atoms with Gasteiger partial charge in [-0.15, -0.1) is 5.10 Å². The Labute approximate surface area is 200 Å². The van der Waals surface area contributed by atoms with Gasteiger partial charge in [-0.05, 0) is 30.9 Å². The van der Waals surface area contributed by atoms with Crippen LogP contribution in [0.15, 0.2) is 36.7 Å². The standard InChI is InChI=1S/C26H38F3N3O2/c1-2-3-4-5-6-7-8-9-10-13-21(20-34-25-15-17-31-32-25)18-22(26(27,28)29)19-24(33)23-14-11-12-16-30-23/h11-12,14-17,21-22H,2-10,13,18-20H2,1H3,(H,31,32). The van der Waals surface area contributed by atoms with Crippen molar-refractivity contribution in [3.8, 4) is 5.88 Å². The van der Waals surface area contributed by atoms with Gasteiger partial charge in [-0.25, -0.2) is 0 Å². The van der Waals surface area contributed by atoms with Gasteiger partial charge in [-0.2, -0.15) is 13.2 Å². The van der Waals surface area contributed by atoms with Crippen LogP contribution in [0.2, 0.25) is 0 Å². The van der Waals surface area contributed by atoms with Crippen molar-refractivity contribution >= 4 is 5.78 Å². The lowest BCUT2D eigenvalue weighted by Gasteiger charge is -2.25. The van der Waals surface area contributed by atoms with Crippen LogP contribution in [0.5, 0.6) is 5.88 Å². The summed E-state index contributed by atoms with van der Waals surface area (Å²) in [6, 6.07) is 6.33. The zero-order valence-electron chi connectivity index (χ0n) is 20.2. The van der Waals surface area contributed by atoms with Crippen LogP contribution < -0.4 is 4.74 Å². The van der Waals surface area contributed by atoms with Gasteiger partial charge in [0.05, 0.1) is 12.5 Å². The maximum absolute atomic E-state index is 13.9. The molecular weight excluding hydrogens is 443 g/mol. The van der Waals surface area contributed by atoms with Crippen LogP contribution in [0.1, 0.15) is 94.5 Å². The number of halogens is 3. The fourth-order valence-electron chi connectivity index (χ4n) is 4.13. The number of rotatable bonds is 18. The number of carbonyl (C=O) groups excluding carboxylic acids is 1. The predicted octanol–water partition coefficient (Wildman–Crippen LogP) is 7.56. The summed E-state index contributed by atoms with van der Waals surface area (Å²) < 4.78 is 47.2. The first-order valence-electron chi connectivity index (χ1n) is 12.5. The van der Waals surface area contributed by atoms with E-state index >= 15 is 0 Å². The van der Waals surface area contributed by atoms with Gasteiger partial charge in [0.2, 0.25) is 5.88 Å². The van der Waals surface area contributed by atoms with E-state index in [1.54, 1.807) is 24.4 Å². The highest BCUT2D eigenvalue weighted by Crippen LogP contribution is 2.36. The second kappa shape index (κ2) is 15.5. The van der Waals surface area contributed by atoms with Crippen LogP contribution in [0.3, 0.4) is 0 Å². The molecule has 0 aliphatic heterocycles. The summed E-state index contributed by atoms with van der Waals surface area (Å²) in [7, 11) is 0. The SMILES string of the molecule is CCCCCCCCCCCC(COc1cc[nH]n1)CC(CC(=O)c1ccccn1)C(F)(F)F. The third-order valence-corrected chi connectivity index (χ3v) is 6.12. The second-order valence-corrected chi connectivity index (χ2v) is 9.02. The summed E-state index contributed by atoms with van der Waals surface area (Å²) >= 11 is 0. The average Bonchev–Trinajstić information content (AvgIpc) is 3.34. The quantitative estimate of drug-likeness (QED) is 0.176. The minimum Gasteiger partial charge on any atom is -0.476 e. The molecule has 8 heteroatoms. The summed E-state index contributed by atoms with van der Waals surface area (Å²) in [5, 5.41) is 6.56. The van der Waals surface area contributed by atoms with Gasteiger partial charge >= 0.3 is 6.18 Å². The maximum atomic E-state index is 13.9. The molecule has 2 unspecified atom stereocenters. The van der Waals surface area contributed by atoms with Crippen molar-refractivity contribution in [2.75, 3.05) is 6.61 Å². The molecule has 0 spiro atoms. The van der Waals surface area contributed by atoms with Gasteiger partial charge in [0.25, 0.3) is 0 Å². The van der Waals surface area contributed by atoms with E-state index in [0.29, 0.717) is 12.3 Å². The zero-order chi connectivity index (χ0) is 24.7. The van der Waals surface area contributed by atoms with Gasteiger partial charge < -0.3 is 4.74 Å². The first kappa shape index (κ1) is 27.9. The van der Waals surface area contributed by atoms with Crippen molar-refractivity contribution in [2.24, 2.45) is 11.8 Å². The normalized spacial score (nSPS) is 13.5. The molecule has 2 aromatic heterocycles. The van der Waals surface area contributed by atoms with E-state index in [4.69, 9.17) is 4.74 Å². The van der Waals surface area contributed by atoms with Crippen molar-refractivity contribution in [3.63, 3.8) is 0 Å². The average molecular weight is 482 g/mol. The van der Waals surface area contributed by atoms with Crippen LogP contribution >= 0.6 is 0 Å². The monoisotopic (exact) mass is 481 g/mol. The maximum Gasteiger partial charge on any atom is 0.392 e. The first-order chi connectivity index (χ1) is 16.4. The molecule has 2 heterocycles. The van der Waals surface area contributed by atoms with E-state index in [2.05, 4.69) is 22.1 Å². The molecule has 2 atom stereocenters. The van der Waals surface area contributed by atoms with Crippen LogP contribution in [0.4, 0.5) is 13.2 Å². The number of H-pyrrole nitrogens is 1. The third kappa shape index (κ3) is 11.2. The molecule has 0 aliphatic carbocycles. The molecule has 2 rings (SSSR count). The number of nitrogens with zero attached hydrogens (tertiary/aromatic N) is 2. The molecule has 0 bridgehead atoms. The number of unbranched alkanes of at least 4 members (excludes halogenated alkanes) is 8.